The maximum atomic E-state index is 10.1. The van der Waals surface area contributed by atoms with Crippen LogP contribution in [0.2, 0.25) is 5.02 Å². The second kappa shape index (κ2) is 5.11. The van der Waals surface area contributed by atoms with E-state index in [0.717, 1.165) is 5.56 Å². The Labute approximate surface area is 126 Å². The van der Waals surface area contributed by atoms with Crippen LogP contribution in [0.1, 0.15) is 28.8 Å². The van der Waals surface area contributed by atoms with Crippen LogP contribution >= 0.6 is 11.6 Å². The molecule has 0 bridgehead atoms. The van der Waals surface area contributed by atoms with E-state index in [0.29, 0.717) is 11.1 Å². The summed E-state index contributed by atoms with van der Waals surface area (Å²) in [6.45, 7) is 0.266. The molecule has 0 saturated carbocycles. The minimum absolute atomic E-state index is 0.0391. The number of aliphatic hydroxyl groups is 1. The van der Waals surface area contributed by atoms with Gasteiger partial charge in [-0.15, -0.1) is 0 Å². The summed E-state index contributed by atoms with van der Waals surface area (Å²) in [7, 11) is 0. The second-order valence-corrected chi connectivity index (χ2v) is 5.39. The minimum Gasteiger partial charge on any atom is -0.508 e. The molecule has 5 nitrogen and oxygen atoms in total. The topological polar surface area (TPSA) is 93.0 Å². The summed E-state index contributed by atoms with van der Waals surface area (Å²) in [5.41, 5.74) is 1.85. The highest BCUT2D eigenvalue weighted by Crippen LogP contribution is 2.45. The molecule has 21 heavy (non-hydrogen) atoms. The highest BCUT2D eigenvalue weighted by molar-refractivity contribution is 6.33. The average molecular weight is 308 g/mol. The number of hydrogen-bond donors (Lipinski definition) is 5. The predicted octanol–water partition coefficient (Wildman–Crippen LogP) is 2.18. The van der Waals surface area contributed by atoms with Gasteiger partial charge in [0.15, 0.2) is 11.5 Å². The molecule has 110 valence electrons. The van der Waals surface area contributed by atoms with Crippen molar-refractivity contribution in [1.82, 2.24) is 5.32 Å². The summed E-state index contributed by atoms with van der Waals surface area (Å²) >= 11 is 6.05. The Balaban J connectivity index is 2.16. The van der Waals surface area contributed by atoms with Crippen LogP contribution in [0.5, 0.6) is 17.2 Å². The van der Waals surface area contributed by atoms with Crippen molar-refractivity contribution < 1.29 is 20.4 Å². The first-order chi connectivity index (χ1) is 9.99. The monoisotopic (exact) mass is 307 g/mol. The molecule has 2 unspecified atom stereocenters. The van der Waals surface area contributed by atoms with Crippen LogP contribution in [0.15, 0.2) is 30.3 Å². The Morgan fingerprint density at radius 2 is 1.76 bits per heavy atom. The van der Waals surface area contributed by atoms with E-state index < -0.39 is 11.9 Å². The number of rotatable bonds is 1. The molecule has 5 N–H and O–H groups in total. The number of benzene rings is 2. The zero-order valence-electron chi connectivity index (χ0n) is 10.9. The third-order valence-corrected chi connectivity index (χ3v) is 4.06. The van der Waals surface area contributed by atoms with E-state index >= 15 is 0 Å². The number of aliphatic hydroxyl groups excluding tert-OH is 1. The molecule has 3 rings (SSSR count). The Hall–Kier alpha value is -1.95. The van der Waals surface area contributed by atoms with Crippen LogP contribution in [0, 0.1) is 0 Å². The Kier molecular flexibility index (Phi) is 3.41. The first-order valence-electron chi connectivity index (χ1n) is 6.43. The van der Waals surface area contributed by atoms with E-state index in [1.54, 1.807) is 24.3 Å². The van der Waals surface area contributed by atoms with E-state index in [9.17, 15) is 20.4 Å². The lowest BCUT2D eigenvalue weighted by molar-refractivity contribution is 0.160. The van der Waals surface area contributed by atoms with Crippen molar-refractivity contribution in [3.63, 3.8) is 0 Å². The van der Waals surface area contributed by atoms with Crippen molar-refractivity contribution in [2.75, 3.05) is 6.54 Å². The van der Waals surface area contributed by atoms with Gasteiger partial charge in [0.2, 0.25) is 0 Å². The van der Waals surface area contributed by atoms with Crippen LogP contribution in [0.25, 0.3) is 0 Å². The Morgan fingerprint density at radius 3 is 2.43 bits per heavy atom. The van der Waals surface area contributed by atoms with Crippen LogP contribution in [-0.4, -0.2) is 27.0 Å². The number of phenols is 3. The number of aromatic hydroxyl groups is 3. The molecule has 0 aliphatic carbocycles. The number of hydrogen-bond acceptors (Lipinski definition) is 5. The summed E-state index contributed by atoms with van der Waals surface area (Å²) < 4.78 is 0. The van der Waals surface area contributed by atoms with Crippen LogP contribution in [0.4, 0.5) is 0 Å². The zero-order chi connectivity index (χ0) is 15.1. The van der Waals surface area contributed by atoms with Crippen molar-refractivity contribution in [1.29, 1.82) is 0 Å². The SMILES string of the molecule is Oc1ccc(C2NCC(O)c3c2cc(O)c(O)c3Cl)cc1. The first kappa shape index (κ1) is 14.0. The molecule has 1 heterocycles. The van der Waals surface area contributed by atoms with Gasteiger partial charge in [-0.05, 0) is 29.3 Å². The van der Waals surface area contributed by atoms with Gasteiger partial charge in [-0.1, -0.05) is 23.7 Å². The number of nitrogens with one attached hydrogen (secondary N) is 1. The van der Waals surface area contributed by atoms with Gasteiger partial charge in [-0.3, -0.25) is 0 Å². The second-order valence-electron chi connectivity index (χ2n) is 5.01. The van der Waals surface area contributed by atoms with Crippen LogP contribution in [-0.2, 0) is 0 Å². The molecule has 1 aliphatic rings. The predicted molar refractivity (Wildman–Crippen MR) is 77.7 cm³/mol. The van der Waals surface area contributed by atoms with Gasteiger partial charge < -0.3 is 25.7 Å². The molecule has 6 heteroatoms. The lowest BCUT2D eigenvalue weighted by Gasteiger charge is -2.31. The van der Waals surface area contributed by atoms with Crippen LogP contribution in [0.3, 0.4) is 0 Å². The summed E-state index contributed by atoms with van der Waals surface area (Å²) in [4.78, 5) is 0. The third-order valence-electron chi connectivity index (χ3n) is 3.68. The van der Waals surface area contributed by atoms with Crippen molar-refractivity contribution in [2.45, 2.75) is 12.1 Å². The minimum atomic E-state index is -0.868. The lowest BCUT2D eigenvalue weighted by Crippen LogP contribution is -2.33. The van der Waals surface area contributed by atoms with E-state index in [1.807, 2.05) is 0 Å². The van der Waals surface area contributed by atoms with Crippen molar-refractivity contribution in [3.05, 3.63) is 52.0 Å². The largest absolute Gasteiger partial charge is 0.508 e. The average Bonchev–Trinajstić information content (AvgIpc) is 2.46. The number of halogens is 1. The molecule has 0 saturated heterocycles. The molecule has 0 aromatic heterocycles. The molecule has 0 amide bonds. The molecule has 2 atom stereocenters. The van der Waals surface area contributed by atoms with Gasteiger partial charge >= 0.3 is 0 Å². The molecule has 2 aromatic carbocycles. The highest BCUT2D eigenvalue weighted by atomic mass is 35.5. The number of β-amino-alcohol motifs (C(OH)–C–C–N with tert-alkyl or cyclic N) is 1. The van der Waals surface area contributed by atoms with E-state index in [2.05, 4.69) is 5.32 Å². The van der Waals surface area contributed by atoms with Gasteiger partial charge in [0.1, 0.15) is 5.75 Å². The smallest absolute Gasteiger partial charge is 0.176 e. The molecule has 1 aliphatic heterocycles. The van der Waals surface area contributed by atoms with Crippen LogP contribution < -0.4 is 5.32 Å². The van der Waals surface area contributed by atoms with Crippen molar-refractivity contribution in [3.8, 4) is 17.2 Å². The molecular formula is C15H14ClNO4. The number of phenolic OH excluding ortho intramolecular Hbond substituents is 3. The fraction of sp³-hybridized carbons (Fsp3) is 0.200. The fourth-order valence-electron chi connectivity index (χ4n) is 2.64. The lowest BCUT2D eigenvalue weighted by atomic mass is 9.88. The van der Waals surface area contributed by atoms with Crippen molar-refractivity contribution >= 4 is 11.6 Å². The van der Waals surface area contributed by atoms with E-state index in [1.165, 1.54) is 6.07 Å². The normalized spacial score (nSPS) is 21.0. The molecular weight excluding hydrogens is 294 g/mol. The maximum Gasteiger partial charge on any atom is 0.176 e. The van der Waals surface area contributed by atoms with E-state index in [4.69, 9.17) is 11.6 Å². The standard InChI is InChI=1S/C15H14ClNO4/c16-13-12-9(5-10(19)15(13)21)14(17-6-11(12)20)7-1-3-8(18)4-2-7/h1-5,11,14,17-21H,6H2. The molecule has 0 radical (unpaired) electrons. The van der Waals surface area contributed by atoms with Crippen molar-refractivity contribution in [2.24, 2.45) is 0 Å². The van der Waals surface area contributed by atoms with Gasteiger partial charge in [0, 0.05) is 12.1 Å². The zero-order valence-corrected chi connectivity index (χ0v) is 11.7. The Morgan fingerprint density at radius 1 is 1.10 bits per heavy atom. The first-order valence-corrected chi connectivity index (χ1v) is 6.81. The number of fused-ring (bicyclic) bond motifs is 1. The highest BCUT2D eigenvalue weighted by Gasteiger charge is 2.31. The summed E-state index contributed by atoms with van der Waals surface area (Å²) in [6, 6.07) is 7.70. The van der Waals surface area contributed by atoms with Gasteiger partial charge in [-0.2, -0.15) is 0 Å². The summed E-state index contributed by atoms with van der Waals surface area (Å²) in [5, 5.41) is 42.1. The third kappa shape index (κ3) is 2.29. The van der Waals surface area contributed by atoms with Gasteiger partial charge in [0.05, 0.1) is 17.2 Å². The fourth-order valence-corrected chi connectivity index (χ4v) is 2.98. The quantitative estimate of drug-likeness (QED) is 0.521. The molecule has 0 spiro atoms. The van der Waals surface area contributed by atoms with E-state index in [-0.39, 0.29) is 29.1 Å². The van der Waals surface area contributed by atoms with Gasteiger partial charge in [0.25, 0.3) is 0 Å². The Bertz CT molecular complexity index is 687. The summed E-state index contributed by atoms with van der Waals surface area (Å²) in [5.74, 6) is -0.611. The van der Waals surface area contributed by atoms with Gasteiger partial charge in [-0.25, -0.2) is 0 Å². The maximum absolute atomic E-state index is 10.1. The summed E-state index contributed by atoms with van der Waals surface area (Å²) in [6.07, 6.45) is -0.868. The molecule has 2 aromatic rings. The molecule has 0 fully saturated rings.